The van der Waals surface area contributed by atoms with Crippen molar-refractivity contribution < 1.29 is 4.42 Å². The first-order valence-electron chi connectivity index (χ1n) is 15.6. The Morgan fingerprint density at radius 1 is 0.600 bits per heavy atom. The Morgan fingerprint density at radius 3 is 2.27 bits per heavy atom. The molecule has 2 atom stereocenters. The van der Waals surface area contributed by atoms with Gasteiger partial charge in [0, 0.05) is 33.7 Å². The fourth-order valence-electron chi connectivity index (χ4n) is 6.81. The van der Waals surface area contributed by atoms with Gasteiger partial charge in [0.1, 0.15) is 11.2 Å². The lowest BCUT2D eigenvalue weighted by Gasteiger charge is -2.23. The molecule has 0 aliphatic heterocycles. The van der Waals surface area contributed by atoms with Gasteiger partial charge in [-0.1, -0.05) is 121 Å². The number of fused-ring (bicyclic) bond motifs is 5. The van der Waals surface area contributed by atoms with Gasteiger partial charge < -0.3 is 4.42 Å². The summed E-state index contributed by atoms with van der Waals surface area (Å²) in [4.78, 5) is 15.4. The van der Waals surface area contributed by atoms with Crippen LogP contribution < -0.4 is 0 Å². The second-order valence-corrected chi connectivity index (χ2v) is 11.9. The molecule has 0 saturated heterocycles. The Balaban J connectivity index is 1.18. The first-order chi connectivity index (χ1) is 22.3. The summed E-state index contributed by atoms with van der Waals surface area (Å²) in [6.45, 7) is 0. The number of nitrogens with zero attached hydrogens (tertiary/aromatic N) is 3. The molecule has 2 heterocycles. The zero-order valence-corrected chi connectivity index (χ0v) is 24.6. The van der Waals surface area contributed by atoms with Crippen molar-refractivity contribution in [1.82, 2.24) is 15.0 Å². The third-order valence-electron chi connectivity index (χ3n) is 9.19. The van der Waals surface area contributed by atoms with E-state index in [0.717, 1.165) is 57.3 Å². The number of hydrogen-bond acceptors (Lipinski definition) is 4. The predicted molar refractivity (Wildman–Crippen MR) is 184 cm³/mol. The number of allylic oxidation sites excluding steroid dienone is 12. The smallest absolute Gasteiger partial charge is 0.164 e. The summed E-state index contributed by atoms with van der Waals surface area (Å²) in [6, 6.07) is 29.5. The lowest BCUT2D eigenvalue weighted by atomic mass is 9.83. The maximum Gasteiger partial charge on any atom is 0.164 e. The van der Waals surface area contributed by atoms with Crippen LogP contribution in [0.25, 0.3) is 60.8 Å². The first kappa shape index (κ1) is 25.8. The molecule has 0 saturated carbocycles. The van der Waals surface area contributed by atoms with Crippen LogP contribution in [-0.4, -0.2) is 15.0 Å². The van der Waals surface area contributed by atoms with Crippen molar-refractivity contribution in [3.63, 3.8) is 0 Å². The van der Waals surface area contributed by atoms with E-state index in [1.165, 1.54) is 21.9 Å². The van der Waals surface area contributed by atoms with Gasteiger partial charge in [-0.15, -0.1) is 0 Å². The molecule has 214 valence electrons. The fourth-order valence-corrected chi connectivity index (χ4v) is 6.81. The summed E-state index contributed by atoms with van der Waals surface area (Å²) in [5.41, 5.74) is 7.37. The Bertz CT molecular complexity index is 2350. The fraction of sp³-hybridized carbons (Fsp3) is 0.0976. The first-order valence-corrected chi connectivity index (χ1v) is 15.6. The van der Waals surface area contributed by atoms with E-state index in [0.29, 0.717) is 23.5 Å². The maximum absolute atomic E-state index is 6.22. The van der Waals surface area contributed by atoms with Crippen molar-refractivity contribution in [2.24, 2.45) is 11.8 Å². The monoisotopic (exact) mass is 579 g/mol. The van der Waals surface area contributed by atoms with Gasteiger partial charge in [-0.25, -0.2) is 15.0 Å². The van der Waals surface area contributed by atoms with Crippen LogP contribution in [0, 0.1) is 11.8 Å². The predicted octanol–water partition coefficient (Wildman–Crippen LogP) is 10.2. The summed E-state index contributed by atoms with van der Waals surface area (Å²) < 4.78 is 6.22. The maximum atomic E-state index is 6.22. The van der Waals surface area contributed by atoms with E-state index in [1.54, 1.807) is 0 Å². The van der Waals surface area contributed by atoms with Gasteiger partial charge in [0.05, 0.1) is 0 Å². The van der Waals surface area contributed by atoms with E-state index in [4.69, 9.17) is 19.4 Å². The van der Waals surface area contributed by atoms with E-state index >= 15 is 0 Å². The van der Waals surface area contributed by atoms with E-state index in [-0.39, 0.29) is 0 Å². The molecule has 0 bridgehead atoms. The van der Waals surface area contributed by atoms with Gasteiger partial charge in [-0.05, 0) is 58.5 Å². The van der Waals surface area contributed by atoms with Gasteiger partial charge in [-0.2, -0.15) is 0 Å². The molecule has 6 aromatic rings. The molecule has 4 nitrogen and oxygen atoms in total. The van der Waals surface area contributed by atoms with Crippen LogP contribution in [0.5, 0.6) is 0 Å². The summed E-state index contributed by atoms with van der Waals surface area (Å²) >= 11 is 0. The van der Waals surface area contributed by atoms with Crippen LogP contribution in [0.3, 0.4) is 0 Å². The molecule has 3 aliphatic carbocycles. The van der Waals surface area contributed by atoms with Crippen molar-refractivity contribution in [2.75, 3.05) is 0 Å². The normalized spacial score (nSPS) is 19.1. The molecule has 0 amide bonds. The highest BCUT2D eigenvalue weighted by Crippen LogP contribution is 2.38. The SMILES string of the molecule is C1=CC2C=CC(c3nc(C4=CC=C(c5ccc6ccccc6c5)CC4)nc(-c4cccc5oc6ccccc6c45)n3)=CC2C=C1. The van der Waals surface area contributed by atoms with Gasteiger partial charge >= 0.3 is 0 Å². The average molecular weight is 580 g/mol. The molecule has 4 heteroatoms. The van der Waals surface area contributed by atoms with E-state index in [9.17, 15) is 0 Å². The quantitative estimate of drug-likeness (QED) is 0.209. The van der Waals surface area contributed by atoms with Crippen LogP contribution in [0.2, 0.25) is 0 Å². The standard InChI is InChI=1S/C41H29N3O/c1-3-10-30-24-32(22-18-26(30)8-1)28-16-20-29(21-17-28)39-42-40(33-23-19-27-9-2-4-11-31(27)25-33)44-41(43-39)35-13-7-15-37-38(35)34-12-5-6-14-36(34)45-37/h1-16,18-20,22-25,27,31H,17,21H2. The second kappa shape index (κ2) is 10.5. The molecule has 2 aromatic heterocycles. The largest absolute Gasteiger partial charge is 0.456 e. The van der Waals surface area contributed by atoms with Crippen LogP contribution >= 0.6 is 0 Å². The van der Waals surface area contributed by atoms with Crippen molar-refractivity contribution >= 4 is 49.4 Å². The molecule has 0 spiro atoms. The van der Waals surface area contributed by atoms with Gasteiger partial charge in [-0.3, -0.25) is 0 Å². The highest BCUT2D eigenvalue weighted by Gasteiger charge is 2.23. The van der Waals surface area contributed by atoms with Crippen LogP contribution in [0.15, 0.2) is 144 Å². The lowest BCUT2D eigenvalue weighted by molar-refractivity contribution is 0.662. The number of furan rings is 1. The Labute approximate surface area is 261 Å². The topological polar surface area (TPSA) is 51.8 Å². The molecule has 45 heavy (non-hydrogen) atoms. The number of hydrogen-bond donors (Lipinski definition) is 0. The minimum atomic E-state index is 0.293. The lowest BCUT2D eigenvalue weighted by Crippen LogP contribution is -2.13. The molecular formula is C41H29N3O. The van der Waals surface area contributed by atoms with Gasteiger partial charge in [0.2, 0.25) is 0 Å². The van der Waals surface area contributed by atoms with Crippen molar-refractivity contribution in [3.8, 4) is 11.4 Å². The summed E-state index contributed by atoms with van der Waals surface area (Å²) in [7, 11) is 0. The number of para-hydroxylation sites is 1. The molecular weight excluding hydrogens is 550 g/mol. The minimum Gasteiger partial charge on any atom is -0.456 e. The molecule has 3 aliphatic rings. The molecule has 9 rings (SSSR count). The summed E-state index contributed by atoms with van der Waals surface area (Å²) in [5, 5.41) is 4.61. The second-order valence-electron chi connectivity index (χ2n) is 11.9. The number of aromatic nitrogens is 3. The van der Waals surface area contributed by atoms with Crippen molar-refractivity contribution in [3.05, 3.63) is 157 Å². The van der Waals surface area contributed by atoms with E-state index in [2.05, 4.69) is 109 Å². The summed E-state index contributed by atoms with van der Waals surface area (Å²) in [5.74, 6) is 2.74. The Kier molecular flexibility index (Phi) is 6.05. The average Bonchev–Trinajstić information content (AvgIpc) is 3.50. The summed E-state index contributed by atoms with van der Waals surface area (Å²) in [6.07, 6.45) is 21.6. The molecule has 0 N–H and O–H groups in total. The highest BCUT2D eigenvalue weighted by molar-refractivity contribution is 6.11. The highest BCUT2D eigenvalue weighted by atomic mass is 16.3. The molecule has 0 radical (unpaired) electrons. The van der Waals surface area contributed by atoms with Crippen LogP contribution in [0.1, 0.15) is 30.1 Å². The van der Waals surface area contributed by atoms with Crippen LogP contribution in [-0.2, 0) is 0 Å². The molecule has 2 unspecified atom stereocenters. The Morgan fingerprint density at radius 2 is 1.36 bits per heavy atom. The Hall–Kier alpha value is -5.61. The minimum absolute atomic E-state index is 0.293. The third kappa shape index (κ3) is 4.58. The van der Waals surface area contributed by atoms with E-state index < -0.39 is 0 Å². The van der Waals surface area contributed by atoms with Crippen molar-refractivity contribution in [1.29, 1.82) is 0 Å². The molecule has 4 aromatic carbocycles. The zero-order chi connectivity index (χ0) is 29.7. The molecule has 0 fully saturated rings. The van der Waals surface area contributed by atoms with Gasteiger partial charge in [0.25, 0.3) is 0 Å². The third-order valence-corrected chi connectivity index (χ3v) is 9.19. The zero-order valence-electron chi connectivity index (χ0n) is 24.6. The van der Waals surface area contributed by atoms with Crippen LogP contribution in [0.4, 0.5) is 0 Å². The van der Waals surface area contributed by atoms with Gasteiger partial charge in [0.15, 0.2) is 17.5 Å². The van der Waals surface area contributed by atoms with E-state index in [1.807, 2.05) is 30.3 Å². The number of rotatable bonds is 4. The number of benzene rings is 4. The van der Waals surface area contributed by atoms with Crippen molar-refractivity contribution in [2.45, 2.75) is 12.8 Å².